The molecular weight excluding hydrogens is 261 g/mol. The van der Waals surface area contributed by atoms with Gasteiger partial charge in [-0.1, -0.05) is 0 Å². The SMILES string of the molecule is O=S(=O)(Cl)CC1COCC(C(F)(F)F)O1. The van der Waals surface area contributed by atoms with Crippen LogP contribution >= 0.6 is 10.7 Å². The molecule has 1 aliphatic rings. The third-order valence-electron chi connectivity index (χ3n) is 1.68. The van der Waals surface area contributed by atoms with Crippen molar-refractivity contribution in [3.8, 4) is 0 Å². The van der Waals surface area contributed by atoms with Crippen LogP contribution in [0.5, 0.6) is 0 Å². The molecule has 0 N–H and O–H groups in total. The monoisotopic (exact) mass is 268 g/mol. The molecule has 1 heterocycles. The van der Waals surface area contributed by atoms with Crippen LogP contribution in [0.4, 0.5) is 13.2 Å². The number of halogens is 4. The van der Waals surface area contributed by atoms with Gasteiger partial charge in [-0.25, -0.2) is 8.42 Å². The first kappa shape index (κ1) is 13.0. The standard InChI is InChI=1S/C6H8ClF3O4S/c7-15(11,12)3-4-1-13-2-5(14-4)6(8,9)10/h4-5H,1-3H2. The smallest absolute Gasteiger partial charge is 0.376 e. The molecule has 0 bridgehead atoms. The minimum atomic E-state index is -4.56. The van der Waals surface area contributed by atoms with Gasteiger partial charge in [-0.3, -0.25) is 0 Å². The van der Waals surface area contributed by atoms with Gasteiger partial charge in [0.05, 0.1) is 25.1 Å². The van der Waals surface area contributed by atoms with Crippen molar-refractivity contribution in [2.24, 2.45) is 0 Å². The fourth-order valence-corrected chi connectivity index (χ4v) is 2.14. The molecule has 1 aliphatic heterocycles. The van der Waals surface area contributed by atoms with E-state index in [1.165, 1.54) is 0 Å². The topological polar surface area (TPSA) is 52.6 Å². The Balaban J connectivity index is 2.57. The highest BCUT2D eigenvalue weighted by Crippen LogP contribution is 2.27. The Kier molecular flexibility index (Phi) is 3.85. The van der Waals surface area contributed by atoms with E-state index in [1.54, 1.807) is 0 Å². The van der Waals surface area contributed by atoms with Crippen molar-refractivity contribution in [3.05, 3.63) is 0 Å². The van der Waals surface area contributed by atoms with Gasteiger partial charge in [-0.15, -0.1) is 0 Å². The van der Waals surface area contributed by atoms with Gasteiger partial charge in [0.25, 0.3) is 0 Å². The predicted molar refractivity (Wildman–Crippen MR) is 45.2 cm³/mol. The number of ether oxygens (including phenoxy) is 2. The molecule has 0 amide bonds. The fourth-order valence-electron chi connectivity index (χ4n) is 1.10. The van der Waals surface area contributed by atoms with Crippen molar-refractivity contribution in [3.63, 3.8) is 0 Å². The van der Waals surface area contributed by atoms with Crippen LogP contribution in [0.2, 0.25) is 0 Å². The Morgan fingerprint density at radius 2 is 1.93 bits per heavy atom. The van der Waals surface area contributed by atoms with E-state index in [9.17, 15) is 21.6 Å². The Hall–Kier alpha value is -0.0500. The molecule has 90 valence electrons. The maximum Gasteiger partial charge on any atom is 0.416 e. The van der Waals surface area contributed by atoms with Crippen molar-refractivity contribution >= 4 is 19.7 Å². The average Bonchev–Trinajstić information content (AvgIpc) is 1.99. The zero-order valence-corrected chi connectivity index (χ0v) is 8.90. The highest BCUT2D eigenvalue weighted by molar-refractivity contribution is 8.13. The summed E-state index contributed by atoms with van der Waals surface area (Å²) in [6.07, 6.45) is -7.82. The molecule has 4 nitrogen and oxygen atoms in total. The molecule has 1 saturated heterocycles. The quantitative estimate of drug-likeness (QED) is 0.699. The van der Waals surface area contributed by atoms with E-state index in [0.29, 0.717) is 0 Å². The molecule has 1 rings (SSSR count). The summed E-state index contributed by atoms with van der Waals surface area (Å²) in [7, 11) is 0.991. The lowest BCUT2D eigenvalue weighted by Crippen LogP contribution is -2.46. The molecule has 0 saturated carbocycles. The van der Waals surface area contributed by atoms with Gasteiger partial charge in [0.15, 0.2) is 6.10 Å². The highest BCUT2D eigenvalue weighted by Gasteiger charge is 2.44. The molecule has 15 heavy (non-hydrogen) atoms. The summed E-state index contributed by atoms with van der Waals surface area (Å²) < 4.78 is 66.8. The van der Waals surface area contributed by atoms with Gasteiger partial charge in [0.1, 0.15) is 0 Å². The van der Waals surface area contributed by atoms with E-state index in [2.05, 4.69) is 9.47 Å². The Morgan fingerprint density at radius 1 is 1.33 bits per heavy atom. The number of hydrogen-bond acceptors (Lipinski definition) is 4. The van der Waals surface area contributed by atoms with Crippen LogP contribution in [0, 0.1) is 0 Å². The summed E-state index contributed by atoms with van der Waals surface area (Å²) in [5, 5.41) is 0. The predicted octanol–water partition coefficient (Wildman–Crippen LogP) is 0.901. The zero-order chi connectivity index (χ0) is 11.7. The second-order valence-corrected chi connectivity index (χ2v) is 5.85. The van der Waals surface area contributed by atoms with Gasteiger partial charge < -0.3 is 9.47 Å². The van der Waals surface area contributed by atoms with Crippen LogP contribution in [-0.4, -0.2) is 45.8 Å². The molecule has 2 atom stereocenters. The van der Waals surface area contributed by atoms with Crippen LogP contribution < -0.4 is 0 Å². The molecule has 9 heteroatoms. The molecule has 0 aliphatic carbocycles. The summed E-state index contributed by atoms with van der Waals surface area (Å²) in [5.74, 6) is -0.693. The lowest BCUT2D eigenvalue weighted by atomic mass is 10.3. The third-order valence-corrected chi connectivity index (χ3v) is 2.83. The van der Waals surface area contributed by atoms with Gasteiger partial charge in [0, 0.05) is 10.7 Å². The van der Waals surface area contributed by atoms with Crippen molar-refractivity contribution in [1.82, 2.24) is 0 Å². The Morgan fingerprint density at radius 3 is 2.40 bits per heavy atom. The zero-order valence-electron chi connectivity index (χ0n) is 7.33. The highest BCUT2D eigenvalue weighted by atomic mass is 35.7. The van der Waals surface area contributed by atoms with E-state index in [4.69, 9.17) is 10.7 Å². The van der Waals surface area contributed by atoms with Crippen molar-refractivity contribution in [2.45, 2.75) is 18.4 Å². The van der Waals surface area contributed by atoms with Crippen molar-refractivity contribution in [2.75, 3.05) is 19.0 Å². The number of hydrogen-bond donors (Lipinski definition) is 0. The maximum atomic E-state index is 12.2. The van der Waals surface area contributed by atoms with Crippen LogP contribution in [0.25, 0.3) is 0 Å². The van der Waals surface area contributed by atoms with E-state index < -0.39 is 39.8 Å². The van der Waals surface area contributed by atoms with Crippen molar-refractivity contribution in [1.29, 1.82) is 0 Å². The molecule has 2 unspecified atom stereocenters. The van der Waals surface area contributed by atoms with Crippen molar-refractivity contribution < 1.29 is 31.1 Å². The fraction of sp³-hybridized carbons (Fsp3) is 1.00. The Labute approximate surface area is 88.7 Å². The van der Waals surface area contributed by atoms with Gasteiger partial charge >= 0.3 is 6.18 Å². The first-order valence-corrected chi connectivity index (χ1v) is 6.38. The van der Waals surface area contributed by atoms with Crippen LogP contribution in [-0.2, 0) is 18.5 Å². The first-order valence-electron chi connectivity index (χ1n) is 3.91. The normalized spacial score (nSPS) is 29.1. The van der Waals surface area contributed by atoms with E-state index in [0.717, 1.165) is 0 Å². The lowest BCUT2D eigenvalue weighted by Gasteiger charge is -2.30. The minimum absolute atomic E-state index is 0.210. The van der Waals surface area contributed by atoms with E-state index in [-0.39, 0.29) is 6.61 Å². The summed E-state index contributed by atoms with van der Waals surface area (Å²) in [4.78, 5) is 0. The molecule has 0 aromatic heterocycles. The minimum Gasteiger partial charge on any atom is -0.376 e. The maximum absolute atomic E-state index is 12.2. The van der Waals surface area contributed by atoms with Gasteiger partial charge in [-0.05, 0) is 0 Å². The van der Waals surface area contributed by atoms with E-state index >= 15 is 0 Å². The summed E-state index contributed by atoms with van der Waals surface area (Å²) in [6.45, 7) is -0.832. The summed E-state index contributed by atoms with van der Waals surface area (Å²) >= 11 is 0. The first-order chi connectivity index (χ1) is 6.68. The van der Waals surface area contributed by atoms with Crippen LogP contribution in [0.1, 0.15) is 0 Å². The molecular formula is C6H8ClF3O4S. The second-order valence-electron chi connectivity index (χ2n) is 3.03. The summed E-state index contributed by atoms with van der Waals surface area (Å²) in [6, 6.07) is 0. The van der Waals surface area contributed by atoms with E-state index in [1.807, 2.05) is 0 Å². The third kappa shape index (κ3) is 4.54. The lowest BCUT2D eigenvalue weighted by molar-refractivity contribution is -0.269. The van der Waals surface area contributed by atoms with Gasteiger partial charge in [0.2, 0.25) is 9.05 Å². The van der Waals surface area contributed by atoms with Gasteiger partial charge in [-0.2, -0.15) is 13.2 Å². The average molecular weight is 269 g/mol. The molecule has 1 fully saturated rings. The second kappa shape index (κ2) is 4.44. The number of alkyl halides is 3. The largest absolute Gasteiger partial charge is 0.416 e. The molecule has 0 radical (unpaired) electrons. The summed E-state index contributed by atoms with van der Waals surface area (Å²) in [5.41, 5.74) is 0. The molecule has 0 aromatic rings. The molecule has 0 spiro atoms. The van der Waals surface area contributed by atoms with Crippen LogP contribution in [0.15, 0.2) is 0 Å². The molecule has 0 aromatic carbocycles. The Bertz CT molecular complexity index is 315. The number of rotatable bonds is 2. The van der Waals surface area contributed by atoms with Crippen LogP contribution in [0.3, 0.4) is 0 Å².